The number of pyridine rings is 1. The predicted octanol–water partition coefficient (Wildman–Crippen LogP) is 5.04. The molecule has 0 saturated heterocycles. The Morgan fingerprint density at radius 1 is 1.00 bits per heavy atom. The second-order valence-corrected chi connectivity index (χ2v) is 7.48. The summed E-state index contributed by atoms with van der Waals surface area (Å²) in [6, 6.07) is 14.9. The first-order chi connectivity index (χ1) is 13.3. The molecule has 0 aliphatic heterocycles. The fourth-order valence-electron chi connectivity index (χ4n) is 3.40. The summed E-state index contributed by atoms with van der Waals surface area (Å²) in [5.41, 5.74) is 5.05. The Bertz CT molecular complexity index is 1080. The van der Waals surface area contributed by atoms with E-state index in [0.717, 1.165) is 28.1 Å². The zero-order valence-electron chi connectivity index (χ0n) is 16.5. The third-order valence-electron chi connectivity index (χ3n) is 4.98. The number of nitrogens with zero attached hydrogens (tertiary/aromatic N) is 1. The van der Waals surface area contributed by atoms with E-state index in [1.165, 1.54) is 6.07 Å². The SMILES string of the molecule is Cc1cccc(C)c1NC(=O)c1c(C)n(Cc2ccc(Cl)cc2)c(C)cc1=O. The van der Waals surface area contributed by atoms with Gasteiger partial charge in [0.1, 0.15) is 5.56 Å². The van der Waals surface area contributed by atoms with Gasteiger partial charge in [0.25, 0.3) is 5.91 Å². The van der Waals surface area contributed by atoms with Crippen molar-refractivity contribution < 1.29 is 4.79 Å². The van der Waals surface area contributed by atoms with Crippen molar-refractivity contribution in [2.24, 2.45) is 0 Å². The smallest absolute Gasteiger partial charge is 0.261 e. The van der Waals surface area contributed by atoms with E-state index in [2.05, 4.69) is 5.32 Å². The maximum Gasteiger partial charge on any atom is 0.261 e. The van der Waals surface area contributed by atoms with Gasteiger partial charge in [-0.1, -0.05) is 41.9 Å². The maximum atomic E-state index is 13.0. The molecule has 3 aromatic rings. The number of carbonyl (C=O) groups is 1. The molecular formula is C23H23ClN2O2. The largest absolute Gasteiger partial charge is 0.344 e. The number of hydrogen-bond donors (Lipinski definition) is 1. The van der Waals surface area contributed by atoms with E-state index in [0.29, 0.717) is 17.3 Å². The Labute approximate surface area is 169 Å². The maximum absolute atomic E-state index is 13.0. The number of anilines is 1. The van der Waals surface area contributed by atoms with Gasteiger partial charge in [-0.25, -0.2) is 0 Å². The van der Waals surface area contributed by atoms with Crippen molar-refractivity contribution in [3.05, 3.63) is 97.4 Å². The van der Waals surface area contributed by atoms with Crippen LogP contribution in [0, 0.1) is 27.7 Å². The van der Waals surface area contributed by atoms with Crippen molar-refractivity contribution in [2.75, 3.05) is 5.32 Å². The number of benzene rings is 2. The molecule has 144 valence electrons. The van der Waals surface area contributed by atoms with Crippen LogP contribution in [-0.2, 0) is 6.54 Å². The summed E-state index contributed by atoms with van der Waals surface area (Å²) in [7, 11) is 0. The highest BCUT2D eigenvalue weighted by molar-refractivity contribution is 6.30. The summed E-state index contributed by atoms with van der Waals surface area (Å²) >= 11 is 5.97. The number of rotatable bonds is 4. The summed E-state index contributed by atoms with van der Waals surface area (Å²) in [4.78, 5) is 25.6. The first-order valence-electron chi connectivity index (χ1n) is 9.11. The average Bonchev–Trinajstić information content (AvgIpc) is 2.63. The lowest BCUT2D eigenvalue weighted by atomic mass is 10.1. The highest BCUT2D eigenvalue weighted by Crippen LogP contribution is 2.21. The first kappa shape index (κ1) is 19.9. The minimum absolute atomic E-state index is 0.169. The van der Waals surface area contributed by atoms with Gasteiger partial charge in [0, 0.05) is 34.7 Å². The molecule has 0 aliphatic carbocycles. The van der Waals surface area contributed by atoms with E-state index in [-0.39, 0.29) is 16.9 Å². The van der Waals surface area contributed by atoms with Gasteiger partial charge >= 0.3 is 0 Å². The summed E-state index contributed by atoms with van der Waals surface area (Å²) < 4.78 is 1.98. The van der Waals surface area contributed by atoms with Crippen LogP contribution in [0.2, 0.25) is 5.02 Å². The minimum Gasteiger partial charge on any atom is -0.344 e. The molecule has 0 saturated carbocycles. The van der Waals surface area contributed by atoms with Gasteiger partial charge in [-0.3, -0.25) is 9.59 Å². The molecule has 1 aromatic heterocycles. The molecule has 4 nitrogen and oxygen atoms in total. The van der Waals surface area contributed by atoms with Gasteiger partial charge in [-0.05, 0) is 56.5 Å². The molecule has 0 aliphatic rings. The Morgan fingerprint density at radius 3 is 2.21 bits per heavy atom. The van der Waals surface area contributed by atoms with Crippen LogP contribution in [0.25, 0.3) is 0 Å². The van der Waals surface area contributed by atoms with Gasteiger partial charge in [-0.2, -0.15) is 0 Å². The monoisotopic (exact) mass is 394 g/mol. The van der Waals surface area contributed by atoms with Gasteiger partial charge < -0.3 is 9.88 Å². The second kappa shape index (κ2) is 8.03. The van der Waals surface area contributed by atoms with Crippen molar-refractivity contribution >= 4 is 23.2 Å². The molecule has 0 fully saturated rings. The normalized spacial score (nSPS) is 10.8. The molecule has 5 heteroatoms. The first-order valence-corrected chi connectivity index (χ1v) is 9.48. The van der Waals surface area contributed by atoms with Gasteiger partial charge in [0.05, 0.1) is 0 Å². The van der Waals surface area contributed by atoms with Crippen LogP contribution < -0.4 is 10.7 Å². The van der Waals surface area contributed by atoms with E-state index in [1.54, 1.807) is 0 Å². The number of aromatic nitrogens is 1. The van der Waals surface area contributed by atoms with Crippen molar-refractivity contribution in [1.29, 1.82) is 0 Å². The summed E-state index contributed by atoms with van der Waals surface area (Å²) in [5, 5.41) is 3.60. The fourth-order valence-corrected chi connectivity index (χ4v) is 3.52. The van der Waals surface area contributed by atoms with Crippen LogP contribution in [0.4, 0.5) is 5.69 Å². The summed E-state index contributed by atoms with van der Waals surface area (Å²) in [6.45, 7) is 8.10. The number of carbonyl (C=O) groups excluding carboxylic acids is 1. The standard InChI is InChI=1S/C23H23ClN2O2/c1-14-6-5-7-15(2)22(14)25-23(28)21-17(4)26(16(3)12-20(21)27)13-18-8-10-19(24)11-9-18/h5-12H,13H2,1-4H3,(H,25,28). The molecule has 28 heavy (non-hydrogen) atoms. The predicted molar refractivity (Wildman–Crippen MR) is 115 cm³/mol. The van der Waals surface area contributed by atoms with Crippen molar-refractivity contribution in [3.63, 3.8) is 0 Å². The quantitative estimate of drug-likeness (QED) is 0.674. The number of para-hydroxylation sites is 1. The van der Waals surface area contributed by atoms with Gasteiger partial charge in [0.2, 0.25) is 0 Å². The molecule has 1 heterocycles. The van der Waals surface area contributed by atoms with E-state index in [9.17, 15) is 9.59 Å². The second-order valence-electron chi connectivity index (χ2n) is 7.04. The number of amides is 1. The molecule has 0 atom stereocenters. The fraction of sp³-hybridized carbons (Fsp3) is 0.217. The average molecular weight is 395 g/mol. The molecular weight excluding hydrogens is 372 g/mol. The van der Waals surface area contributed by atoms with Gasteiger partial charge in [-0.15, -0.1) is 0 Å². The van der Waals surface area contributed by atoms with Crippen molar-refractivity contribution in [2.45, 2.75) is 34.2 Å². The van der Waals surface area contributed by atoms with E-state index >= 15 is 0 Å². The van der Waals surface area contributed by atoms with Crippen molar-refractivity contribution in [1.82, 2.24) is 4.57 Å². The third-order valence-corrected chi connectivity index (χ3v) is 5.23. The number of hydrogen-bond acceptors (Lipinski definition) is 2. The molecule has 0 radical (unpaired) electrons. The Balaban J connectivity index is 2.00. The van der Waals surface area contributed by atoms with Crippen LogP contribution in [0.1, 0.15) is 38.4 Å². The highest BCUT2D eigenvalue weighted by atomic mass is 35.5. The van der Waals surface area contributed by atoms with Crippen LogP contribution >= 0.6 is 11.6 Å². The summed E-state index contributed by atoms with van der Waals surface area (Å²) in [6.07, 6.45) is 0. The Kier molecular flexibility index (Phi) is 5.71. The third kappa shape index (κ3) is 4.02. The molecule has 2 aromatic carbocycles. The van der Waals surface area contributed by atoms with Crippen LogP contribution in [0.3, 0.4) is 0 Å². The Hall–Kier alpha value is -2.85. The number of halogens is 1. The Morgan fingerprint density at radius 2 is 1.61 bits per heavy atom. The van der Waals surface area contributed by atoms with Crippen LogP contribution in [0.5, 0.6) is 0 Å². The van der Waals surface area contributed by atoms with Gasteiger partial charge in [0.15, 0.2) is 5.43 Å². The van der Waals surface area contributed by atoms with Crippen LogP contribution in [0.15, 0.2) is 53.3 Å². The lowest BCUT2D eigenvalue weighted by Gasteiger charge is -2.18. The van der Waals surface area contributed by atoms with E-state index < -0.39 is 0 Å². The molecule has 0 spiro atoms. The lowest BCUT2D eigenvalue weighted by molar-refractivity contribution is 0.102. The van der Waals surface area contributed by atoms with Crippen LogP contribution in [-0.4, -0.2) is 10.5 Å². The lowest BCUT2D eigenvalue weighted by Crippen LogP contribution is -2.27. The molecule has 0 unspecified atom stereocenters. The molecule has 3 rings (SSSR count). The number of nitrogens with one attached hydrogen (secondary N) is 1. The summed E-state index contributed by atoms with van der Waals surface area (Å²) in [5.74, 6) is -0.384. The zero-order chi connectivity index (χ0) is 20.4. The molecule has 0 bridgehead atoms. The topological polar surface area (TPSA) is 51.1 Å². The highest BCUT2D eigenvalue weighted by Gasteiger charge is 2.19. The molecule has 1 amide bonds. The van der Waals surface area contributed by atoms with Crippen molar-refractivity contribution in [3.8, 4) is 0 Å². The van der Waals surface area contributed by atoms with E-state index in [4.69, 9.17) is 11.6 Å². The van der Waals surface area contributed by atoms with E-state index in [1.807, 2.05) is 74.7 Å². The molecule has 1 N–H and O–H groups in total. The zero-order valence-corrected chi connectivity index (χ0v) is 17.2. The minimum atomic E-state index is -0.384. The number of aryl methyl sites for hydroxylation is 3.